The van der Waals surface area contributed by atoms with Gasteiger partial charge < -0.3 is 20.2 Å². The van der Waals surface area contributed by atoms with Crippen molar-refractivity contribution < 1.29 is 5.11 Å². The zero-order valence-electron chi connectivity index (χ0n) is 11.8. The first-order chi connectivity index (χ1) is 8.13. The molecule has 0 spiro atoms. The first-order valence-corrected chi connectivity index (χ1v) is 5.92. The lowest BCUT2D eigenvalue weighted by Gasteiger charge is -2.24. The van der Waals surface area contributed by atoms with Gasteiger partial charge in [-0.1, -0.05) is 12.1 Å². The molecule has 0 aliphatic carbocycles. The second kappa shape index (κ2) is 13.5. The minimum atomic E-state index is -0.128. The quantitative estimate of drug-likeness (QED) is 0.555. The molecule has 6 nitrogen and oxygen atoms in total. The number of hydrogen-bond acceptors (Lipinski definition) is 6. The highest BCUT2D eigenvalue weighted by molar-refractivity contribution is 4.73. The second-order valence-electron chi connectivity index (χ2n) is 4.02. The molecule has 1 atom stereocenters. The Morgan fingerprint density at radius 1 is 1.29 bits per heavy atom. The van der Waals surface area contributed by atoms with E-state index in [1.54, 1.807) is 0 Å². The zero-order chi connectivity index (χ0) is 13.7. The van der Waals surface area contributed by atoms with Crippen molar-refractivity contribution >= 4 is 0 Å². The molecule has 0 aromatic heterocycles. The largest absolute Gasteiger partial charge is 0.400 e. The molecule has 0 aromatic rings. The van der Waals surface area contributed by atoms with Gasteiger partial charge in [-0.3, -0.25) is 0 Å². The molecule has 0 aliphatic rings. The number of rotatable bonds is 9. The van der Waals surface area contributed by atoms with E-state index in [-0.39, 0.29) is 6.04 Å². The van der Waals surface area contributed by atoms with Crippen LogP contribution in [0, 0.1) is 4.91 Å². The van der Waals surface area contributed by atoms with E-state index in [4.69, 9.17) is 5.11 Å². The SMILES string of the molecule is CCN(CCNC)CC(CN(C)C)N=O.CO. The number of hydrogen-bond donors (Lipinski definition) is 2. The Balaban J connectivity index is 0. The molecule has 17 heavy (non-hydrogen) atoms. The van der Waals surface area contributed by atoms with Crippen LogP contribution in [-0.2, 0) is 0 Å². The van der Waals surface area contributed by atoms with Crippen LogP contribution >= 0.6 is 0 Å². The van der Waals surface area contributed by atoms with Gasteiger partial charge in [-0.2, -0.15) is 4.91 Å². The van der Waals surface area contributed by atoms with E-state index in [0.717, 1.165) is 39.8 Å². The van der Waals surface area contributed by atoms with Gasteiger partial charge in [0.15, 0.2) is 0 Å². The van der Waals surface area contributed by atoms with Crippen LogP contribution in [0.4, 0.5) is 0 Å². The third-order valence-corrected chi connectivity index (χ3v) is 2.32. The Labute approximate surface area is 105 Å². The third-order valence-electron chi connectivity index (χ3n) is 2.32. The molecule has 0 radical (unpaired) electrons. The Bertz CT molecular complexity index is 168. The van der Waals surface area contributed by atoms with Crippen LogP contribution in [0.5, 0.6) is 0 Å². The topological polar surface area (TPSA) is 68.2 Å². The summed E-state index contributed by atoms with van der Waals surface area (Å²) in [6.07, 6.45) is 0. The number of nitrogens with zero attached hydrogens (tertiary/aromatic N) is 3. The van der Waals surface area contributed by atoms with E-state index in [1.807, 2.05) is 26.0 Å². The van der Waals surface area contributed by atoms with Gasteiger partial charge in [-0.25, -0.2) is 0 Å². The van der Waals surface area contributed by atoms with Crippen LogP contribution in [0.2, 0.25) is 0 Å². The van der Waals surface area contributed by atoms with E-state index in [9.17, 15) is 4.91 Å². The highest BCUT2D eigenvalue weighted by atomic mass is 16.3. The molecule has 0 amide bonds. The van der Waals surface area contributed by atoms with Gasteiger partial charge in [-0.05, 0) is 27.7 Å². The zero-order valence-corrected chi connectivity index (χ0v) is 11.8. The summed E-state index contributed by atoms with van der Waals surface area (Å²) in [7, 11) is 6.85. The molecule has 0 aliphatic heterocycles. The third kappa shape index (κ3) is 11.7. The molecule has 6 heteroatoms. The molecular formula is C11H28N4O2. The number of aliphatic hydroxyl groups is 1. The molecule has 0 heterocycles. The summed E-state index contributed by atoms with van der Waals surface area (Å²) in [6.45, 7) is 6.45. The van der Waals surface area contributed by atoms with Gasteiger partial charge in [0.05, 0.1) is 0 Å². The van der Waals surface area contributed by atoms with Crippen LogP contribution in [0.15, 0.2) is 5.18 Å². The van der Waals surface area contributed by atoms with E-state index < -0.39 is 0 Å². The van der Waals surface area contributed by atoms with E-state index in [1.165, 1.54) is 0 Å². The van der Waals surface area contributed by atoms with Gasteiger partial charge in [0, 0.05) is 33.3 Å². The van der Waals surface area contributed by atoms with E-state index in [2.05, 4.69) is 22.3 Å². The van der Waals surface area contributed by atoms with Gasteiger partial charge in [-0.15, -0.1) is 0 Å². The van der Waals surface area contributed by atoms with Crippen LogP contribution in [0.1, 0.15) is 6.92 Å². The first-order valence-electron chi connectivity index (χ1n) is 5.92. The highest BCUT2D eigenvalue weighted by Crippen LogP contribution is 1.98. The lowest BCUT2D eigenvalue weighted by atomic mass is 10.2. The fraction of sp³-hybridized carbons (Fsp3) is 1.00. The summed E-state index contributed by atoms with van der Waals surface area (Å²) >= 11 is 0. The average molecular weight is 248 g/mol. The van der Waals surface area contributed by atoms with E-state index in [0.29, 0.717) is 0 Å². The monoisotopic (exact) mass is 248 g/mol. The fourth-order valence-electron chi connectivity index (χ4n) is 1.49. The van der Waals surface area contributed by atoms with Crippen molar-refractivity contribution in [3.63, 3.8) is 0 Å². The summed E-state index contributed by atoms with van der Waals surface area (Å²) in [5.74, 6) is 0. The Kier molecular flexibility index (Phi) is 14.9. The molecule has 0 aromatic carbocycles. The molecule has 0 saturated carbocycles. The molecule has 104 valence electrons. The Morgan fingerprint density at radius 2 is 1.88 bits per heavy atom. The number of likely N-dealkylation sites (N-methyl/N-ethyl adjacent to an activating group) is 3. The van der Waals surface area contributed by atoms with Gasteiger partial charge in [0.1, 0.15) is 6.04 Å². The summed E-state index contributed by atoms with van der Waals surface area (Å²) in [6, 6.07) is -0.128. The molecular weight excluding hydrogens is 220 g/mol. The summed E-state index contributed by atoms with van der Waals surface area (Å²) in [5, 5.41) is 13.3. The maximum atomic E-state index is 10.6. The van der Waals surface area contributed by atoms with E-state index >= 15 is 0 Å². The minimum absolute atomic E-state index is 0.128. The lowest BCUT2D eigenvalue weighted by molar-refractivity contribution is 0.247. The van der Waals surface area contributed by atoms with Crippen molar-refractivity contribution in [3.05, 3.63) is 4.91 Å². The number of aliphatic hydroxyl groups excluding tert-OH is 1. The summed E-state index contributed by atoms with van der Waals surface area (Å²) in [4.78, 5) is 14.9. The first kappa shape index (κ1) is 18.8. The van der Waals surface area contributed by atoms with Gasteiger partial charge >= 0.3 is 0 Å². The van der Waals surface area contributed by atoms with Gasteiger partial charge in [0.2, 0.25) is 0 Å². The second-order valence-corrected chi connectivity index (χ2v) is 4.02. The van der Waals surface area contributed by atoms with Crippen molar-refractivity contribution in [3.8, 4) is 0 Å². The van der Waals surface area contributed by atoms with Crippen LogP contribution in [-0.4, -0.2) is 81.9 Å². The average Bonchev–Trinajstić information content (AvgIpc) is 2.35. The minimum Gasteiger partial charge on any atom is -0.400 e. The number of nitroso groups, excluding NO2 is 1. The predicted octanol–water partition coefficient (Wildman–Crippen LogP) is -0.167. The maximum absolute atomic E-state index is 10.6. The summed E-state index contributed by atoms with van der Waals surface area (Å²) in [5.41, 5.74) is 0. The van der Waals surface area contributed by atoms with Crippen LogP contribution in [0.3, 0.4) is 0 Å². The van der Waals surface area contributed by atoms with Crippen molar-refractivity contribution in [2.75, 3.05) is 61.0 Å². The predicted molar refractivity (Wildman–Crippen MR) is 72.3 cm³/mol. The smallest absolute Gasteiger partial charge is 0.117 e. The van der Waals surface area contributed by atoms with Crippen molar-refractivity contribution in [1.29, 1.82) is 0 Å². The van der Waals surface area contributed by atoms with Crippen molar-refractivity contribution in [1.82, 2.24) is 15.1 Å². The Hall–Kier alpha value is -0.560. The molecule has 0 fully saturated rings. The molecule has 0 bridgehead atoms. The molecule has 1 unspecified atom stereocenters. The van der Waals surface area contributed by atoms with Crippen molar-refractivity contribution in [2.45, 2.75) is 13.0 Å². The van der Waals surface area contributed by atoms with Crippen molar-refractivity contribution in [2.24, 2.45) is 5.18 Å². The maximum Gasteiger partial charge on any atom is 0.117 e. The standard InChI is InChI=1S/C10H24N4O.CH4O/c1-5-14(7-6-11-2)9-10(12-15)8-13(3)4;1-2/h10-11H,5-9H2,1-4H3;2H,1H3. The highest BCUT2D eigenvalue weighted by Gasteiger charge is 2.13. The summed E-state index contributed by atoms with van der Waals surface area (Å²) < 4.78 is 0. The lowest BCUT2D eigenvalue weighted by Crippen LogP contribution is -2.39. The van der Waals surface area contributed by atoms with Gasteiger partial charge in [0.25, 0.3) is 0 Å². The fourth-order valence-corrected chi connectivity index (χ4v) is 1.49. The molecule has 2 N–H and O–H groups in total. The Morgan fingerprint density at radius 3 is 2.24 bits per heavy atom. The number of nitrogens with one attached hydrogen (secondary N) is 1. The normalized spacial score (nSPS) is 12.2. The molecule has 0 rings (SSSR count). The molecule has 0 saturated heterocycles. The van der Waals surface area contributed by atoms with Crippen LogP contribution in [0.25, 0.3) is 0 Å². The van der Waals surface area contributed by atoms with Crippen LogP contribution < -0.4 is 5.32 Å².